The number of halogens is 1. The van der Waals surface area contributed by atoms with Gasteiger partial charge in [0.2, 0.25) is 5.95 Å². The normalized spacial score (nSPS) is 11.3. The second kappa shape index (κ2) is 8.23. The Morgan fingerprint density at radius 1 is 1.19 bits per heavy atom. The SMILES string of the molecule is Cn1ncc2ccc(Nc3ncc(F)c(N(CCCO)c4cccc5[nH]ncc45)n3)cc21. The molecule has 3 N–H and O–H groups in total. The molecule has 5 rings (SSSR count). The van der Waals surface area contributed by atoms with Crippen molar-refractivity contribution in [1.29, 1.82) is 0 Å². The van der Waals surface area contributed by atoms with Gasteiger partial charge in [-0.3, -0.25) is 9.78 Å². The number of fused-ring (bicyclic) bond motifs is 2. The standard InChI is InChI=1S/C22H21FN8O/c1-30-20-10-15(7-6-14(20)11-26-30)27-22-24-13-17(23)21(28-22)31(8-3-9-32)19-5-2-4-18-16(19)12-25-29-18/h2,4-7,10-13,32H,3,8-9H2,1H3,(H,25,29)(H,24,27,28). The van der Waals surface area contributed by atoms with Gasteiger partial charge in [0.05, 0.1) is 35.3 Å². The third kappa shape index (κ3) is 3.60. The van der Waals surface area contributed by atoms with Gasteiger partial charge < -0.3 is 15.3 Å². The van der Waals surface area contributed by atoms with Gasteiger partial charge in [0.25, 0.3) is 0 Å². The molecule has 0 amide bonds. The third-order valence-corrected chi connectivity index (χ3v) is 5.28. The van der Waals surface area contributed by atoms with Gasteiger partial charge in [-0.25, -0.2) is 9.37 Å². The first kappa shape index (κ1) is 19.9. The molecule has 3 heterocycles. The van der Waals surface area contributed by atoms with E-state index in [1.807, 2.05) is 43.4 Å². The summed E-state index contributed by atoms with van der Waals surface area (Å²) in [5, 5.41) is 25.7. The summed E-state index contributed by atoms with van der Waals surface area (Å²) < 4.78 is 16.7. The molecule has 5 aromatic rings. The fourth-order valence-electron chi connectivity index (χ4n) is 3.72. The second-order valence-electron chi connectivity index (χ2n) is 7.37. The Bertz CT molecular complexity index is 1400. The Balaban J connectivity index is 1.54. The van der Waals surface area contributed by atoms with Crippen molar-refractivity contribution < 1.29 is 9.50 Å². The Labute approximate surface area is 182 Å². The maximum Gasteiger partial charge on any atom is 0.229 e. The number of rotatable bonds is 7. The fourth-order valence-corrected chi connectivity index (χ4v) is 3.72. The average Bonchev–Trinajstić information content (AvgIpc) is 3.43. The molecule has 10 heteroatoms. The molecule has 2 aromatic carbocycles. The van der Waals surface area contributed by atoms with Gasteiger partial charge in [0, 0.05) is 36.7 Å². The van der Waals surface area contributed by atoms with Gasteiger partial charge in [-0.2, -0.15) is 15.2 Å². The lowest BCUT2D eigenvalue weighted by Crippen LogP contribution is -2.22. The first-order chi connectivity index (χ1) is 15.6. The largest absolute Gasteiger partial charge is 0.396 e. The number of aliphatic hydroxyl groups is 1. The number of aryl methyl sites for hydroxylation is 1. The number of H-pyrrole nitrogens is 1. The Morgan fingerprint density at radius 3 is 2.97 bits per heavy atom. The van der Waals surface area contributed by atoms with Crippen molar-refractivity contribution in [2.45, 2.75) is 6.42 Å². The van der Waals surface area contributed by atoms with E-state index in [1.54, 1.807) is 22.0 Å². The maximum atomic E-state index is 14.9. The molecule has 162 valence electrons. The minimum absolute atomic E-state index is 0.0274. The number of hydrogen-bond donors (Lipinski definition) is 3. The minimum atomic E-state index is -0.559. The number of aromatic amines is 1. The molecule has 0 unspecified atom stereocenters. The summed E-state index contributed by atoms with van der Waals surface area (Å²) in [7, 11) is 1.87. The predicted molar refractivity (Wildman–Crippen MR) is 121 cm³/mol. The number of aromatic nitrogens is 6. The molecule has 0 bridgehead atoms. The van der Waals surface area contributed by atoms with Crippen LogP contribution in [0.1, 0.15) is 6.42 Å². The van der Waals surface area contributed by atoms with E-state index in [0.29, 0.717) is 13.0 Å². The predicted octanol–water partition coefficient (Wildman–Crippen LogP) is 3.64. The first-order valence-electron chi connectivity index (χ1n) is 10.2. The highest BCUT2D eigenvalue weighted by Crippen LogP contribution is 2.33. The van der Waals surface area contributed by atoms with Crippen molar-refractivity contribution in [3.8, 4) is 0 Å². The number of benzene rings is 2. The minimum Gasteiger partial charge on any atom is -0.396 e. The molecular formula is C22H21FN8O. The van der Waals surface area contributed by atoms with Crippen molar-refractivity contribution in [1.82, 2.24) is 29.9 Å². The quantitative estimate of drug-likeness (QED) is 0.360. The summed E-state index contributed by atoms with van der Waals surface area (Å²) in [6.07, 6.45) is 5.07. The number of hydrogen-bond acceptors (Lipinski definition) is 7. The van der Waals surface area contributed by atoms with E-state index in [1.165, 1.54) is 0 Å². The van der Waals surface area contributed by atoms with Crippen molar-refractivity contribution in [3.63, 3.8) is 0 Å². The number of anilines is 4. The van der Waals surface area contributed by atoms with Crippen molar-refractivity contribution in [3.05, 3.63) is 60.8 Å². The maximum absolute atomic E-state index is 14.9. The lowest BCUT2D eigenvalue weighted by Gasteiger charge is -2.25. The highest BCUT2D eigenvalue weighted by atomic mass is 19.1. The zero-order chi connectivity index (χ0) is 22.1. The molecular weight excluding hydrogens is 411 g/mol. The van der Waals surface area contributed by atoms with Gasteiger partial charge in [0.15, 0.2) is 11.6 Å². The van der Waals surface area contributed by atoms with Crippen LogP contribution in [0.2, 0.25) is 0 Å². The lowest BCUT2D eigenvalue weighted by molar-refractivity contribution is 0.290. The van der Waals surface area contributed by atoms with Crippen LogP contribution in [0.3, 0.4) is 0 Å². The molecule has 0 saturated heterocycles. The highest BCUT2D eigenvalue weighted by Gasteiger charge is 2.19. The summed E-state index contributed by atoms with van der Waals surface area (Å²) in [5.74, 6) is -0.182. The van der Waals surface area contributed by atoms with Gasteiger partial charge in [0.1, 0.15) is 0 Å². The second-order valence-corrected chi connectivity index (χ2v) is 7.37. The van der Waals surface area contributed by atoms with Gasteiger partial charge in [-0.1, -0.05) is 6.07 Å². The van der Waals surface area contributed by atoms with E-state index in [9.17, 15) is 9.50 Å². The number of nitrogens with zero attached hydrogens (tertiary/aromatic N) is 6. The fraction of sp³-hybridized carbons (Fsp3) is 0.182. The van der Waals surface area contributed by atoms with Crippen LogP contribution in [0.5, 0.6) is 0 Å². The molecule has 32 heavy (non-hydrogen) atoms. The summed E-state index contributed by atoms with van der Waals surface area (Å²) in [6.45, 7) is 0.343. The molecule has 0 aliphatic rings. The Morgan fingerprint density at radius 2 is 2.09 bits per heavy atom. The molecule has 3 aromatic heterocycles. The summed E-state index contributed by atoms with van der Waals surface area (Å²) in [6, 6.07) is 11.4. The Kier molecular flexibility index (Phi) is 5.12. The Hall–Kier alpha value is -4.05. The monoisotopic (exact) mass is 432 g/mol. The van der Waals surface area contributed by atoms with E-state index in [0.717, 1.165) is 39.4 Å². The molecule has 0 saturated carbocycles. The van der Waals surface area contributed by atoms with Crippen LogP contribution in [0.25, 0.3) is 21.8 Å². The van der Waals surface area contributed by atoms with Gasteiger partial charge in [-0.05, 0) is 36.8 Å². The van der Waals surface area contributed by atoms with Crippen LogP contribution in [-0.4, -0.2) is 48.2 Å². The molecule has 0 aliphatic heterocycles. The zero-order valence-corrected chi connectivity index (χ0v) is 17.3. The molecule has 0 fully saturated rings. The smallest absolute Gasteiger partial charge is 0.229 e. The summed E-state index contributed by atoms with van der Waals surface area (Å²) in [5.41, 5.74) is 3.28. The van der Waals surface area contributed by atoms with E-state index in [-0.39, 0.29) is 18.4 Å². The molecule has 0 spiro atoms. The van der Waals surface area contributed by atoms with Crippen LogP contribution in [0, 0.1) is 5.82 Å². The first-order valence-corrected chi connectivity index (χ1v) is 10.2. The van der Waals surface area contributed by atoms with Crippen LogP contribution in [-0.2, 0) is 7.05 Å². The van der Waals surface area contributed by atoms with Crippen LogP contribution in [0.4, 0.5) is 27.5 Å². The highest BCUT2D eigenvalue weighted by molar-refractivity contribution is 5.93. The van der Waals surface area contributed by atoms with Crippen LogP contribution < -0.4 is 10.2 Å². The van der Waals surface area contributed by atoms with E-state index in [2.05, 4.69) is 30.6 Å². The summed E-state index contributed by atoms with van der Waals surface area (Å²) in [4.78, 5) is 10.3. The molecule has 0 atom stereocenters. The van der Waals surface area contributed by atoms with E-state index < -0.39 is 5.82 Å². The third-order valence-electron chi connectivity index (χ3n) is 5.28. The van der Waals surface area contributed by atoms with Gasteiger partial charge >= 0.3 is 0 Å². The molecule has 0 aliphatic carbocycles. The average molecular weight is 432 g/mol. The van der Waals surface area contributed by atoms with Crippen molar-refractivity contribution in [2.24, 2.45) is 7.05 Å². The number of nitrogens with one attached hydrogen (secondary N) is 2. The molecule has 9 nitrogen and oxygen atoms in total. The topological polar surface area (TPSA) is 108 Å². The van der Waals surface area contributed by atoms with Gasteiger partial charge in [-0.15, -0.1) is 0 Å². The zero-order valence-electron chi connectivity index (χ0n) is 17.3. The van der Waals surface area contributed by atoms with Crippen LogP contribution >= 0.6 is 0 Å². The van der Waals surface area contributed by atoms with E-state index in [4.69, 9.17) is 0 Å². The van der Waals surface area contributed by atoms with Crippen LogP contribution in [0.15, 0.2) is 55.0 Å². The lowest BCUT2D eigenvalue weighted by atomic mass is 10.2. The van der Waals surface area contributed by atoms with E-state index >= 15 is 0 Å². The summed E-state index contributed by atoms with van der Waals surface area (Å²) >= 11 is 0. The van der Waals surface area contributed by atoms with Crippen molar-refractivity contribution >= 4 is 44.9 Å². The van der Waals surface area contributed by atoms with Crippen molar-refractivity contribution in [2.75, 3.05) is 23.4 Å². The molecule has 0 radical (unpaired) electrons. The number of aliphatic hydroxyl groups excluding tert-OH is 1.